The van der Waals surface area contributed by atoms with Gasteiger partial charge in [0.2, 0.25) is 11.8 Å². The minimum atomic E-state index is -1.01. The molecule has 4 aromatic rings. The van der Waals surface area contributed by atoms with Gasteiger partial charge >= 0.3 is 0 Å². The molecule has 0 spiro atoms. The van der Waals surface area contributed by atoms with Crippen LogP contribution in [0.1, 0.15) is 31.9 Å². The number of carbonyl (C=O) groups is 2. The summed E-state index contributed by atoms with van der Waals surface area (Å²) in [5.41, 5.74) is 2.27. The number of hydrogen-bond acceptors (Lipinski definition) is 5. The highest BCUT2D eigenvalue weighted by molar-refractivity contribution is 6.01. The van der Waals surface area contributed by atoms with Crippen LogP contribution in [0, 0.1) is 11.7 Å². The second-order valence-corrected chi connectivity index (χ2v) is 8.64. The van der Waals surface area contributed by atoms with Gasteiger partial charge in [0.05, 0.1) is 5.52 Å². The zero-order valence-corrected chi connectivity index (χ0v) is 19.6. The van der Waals surface area contributed by atoms with Gasteiger partial charge in [-0.25, -0.2) is 9.07 Å². The second kappa shape index (κ2) is 10.9. The van der Waals surface area contributed by atoms with Crippen molar-refractivity contribution in [2.75, 3.05) is 11.4 Å². The number of hydrogen-bond donors (Lipinski definition) is 1. The molecule has 0 aliphatic rings. The van der Waals surface area contributed by atoms with Crippen LogP contribution in [-0.4, -0.2) is 38.3 Å². The van der Waals surface area contributed by atoms with Crippen molar-refractivity contribution in [3.63, 3.8) is 0 Å². The predicted molar refractivity (Wildman–Crippen MR) is 131 cm³/mol. The van der Waals surface area contributed by atoms with E-state index in [0.29, 0.717) is 34.7 Å². The maximum atomic E-state index is 13.8. The van der Waals surface area contributed by atoms with E-state index in [-0.39, 0.29) is 12.5 Å². The van der Waals surface area contributed by atoms with Crippen molar-refractivity contribution >= 4 is 28.5 Å². The fraction of sp³-hybridized carbons (Fsp3) is 0.269. The van der Waals surface area contributed by atoms with E-state index in [2.05, 4.69) is 34.5 Å². The summed E-state index contributed by atoms with van der Waals surface area (Å²) in [6.07, 6.45) is 3.95. The van der Waals surface area contributed by atoms with Crippen molar-refractivity contribution in [1.29, 1.82) is 0 Å². The molecule has 4 rings (SSSR count). The second-order valence-electron chi connectivity index (χ2n) is 8.64. The smallest absolute Gasteiger partial charge is 0.249 e. The van der Waals surface area contributed by atoms with E-state index in [1.54, 1.807) is 24.5 Å². The van der Waals surface area contributed by atoms with Gasteiger partial charge in [-0.2, -0.15) is 0 Å². The Hall–Kier alpha value is -4.14. The molecule has 8 nitrogen and oxygen atoms in total. The van der Waals surface area contributed by atoms with Gasteiger partial charge in [-0.3, -0.25) is 19.5 Å². The third-order valence-corrected chi connectivity index (χ3v) is 5.61. The first-order valence-corrected chi connectivity index (χ1v) is 11.5. The average molecular weight is 475 g/mol. The van der Waals surface area contributed by atoms with Crippen LogP contribution in [-0.2, 0) is 16.1 Å². The molecule has 0 aliphatic heterocycles. The molecule has 0 saturated carbocycles. The van der Waals surface area contributed by atoms with Crippen molar-refractivity contribution in [2.45, 2.75) is 32.9 Å². The van der Waals surface area contributed by atoms with Gasteiger partial charge in [-0.1, -0.05) is 37.3 Å². The number of nitrogens with one attached hydrogen (secondary N) is 1. The van der Waals surface area contributed by atoms with Crippen LogP contribution >= 0.6 is 0 Å². The van der Waals surface area contributed by atoms with Crippen LogP contribution in [0.3, 0.4) is 0 Å². The molecule has 0 unspecified atom stereocenters. The molecule has 2 aromatic heterocycles. The zero-order chi connectivity index (χ0) is 24.8. The Labute approximate surface area is 202 Å². The molecule has 0 bridgehead atoms. The Morgan fingerprint density at radius 1 is 1.06 bits per heavy atom. The lowest BCUT2D eigenvalue weighted by Crippen LogP contribution is -2.45. The van der Waals surface area contributed by atoms with Crippen LogP contribution in [0.5, 0.6) is 0 Å². The van der Waals surface area contributed by atoms with Gasteiger partial charge in [0.1, 0.15) is 23.9 Å². The molecule has 1 N–H and O–H groups in total. The summed E-state index contributed by atoms with van der Waals surface area (Å²) in [5, 5.41) is 11.2. The van der Waals surface area contributed by atoms with E-state index in [1.165, 1.54) is 33.8 Å². The van der Waals surface area contributed by atoms with Crippen molar-refractivity contribution in [2.24, 2.45) is 5.92 Å². The molecule has 180 valence electrons. The highest BCUT2D eigenvalue weighted by Crippen LogP contribution is 2.28. The molecule has 0 saturated heterocycles. The average Bonchev–Trinajstić information content (AvgIpc) is 3.26. The molecule has 35 heavy (non-hydrogen) atoms. The van der Waals surface area contributed by atoms with Crippen LogP contribution < -0.4 is 10.2 Å². The van der Waals surface area contributed by atoms with Crippen LogP contribution in [0.25, 0.3) is 11.0 Å². The van der Waals surface area contributed by atoms with Gasteiger partial charge in [-0.15, -0.1) is 5.10 Å². The van der Waals surface area contributed by atoms with Crippen molar-refractivity contribution in [3.8, 4) is 0 Å². The van der Waals surface area contributed by atoms with Gasteiger partial charge < -0.3 is 5.32 Å². The Balaban J connectivity index is 1.73. The molecule has 2 amide bonds. The number of carbonyl (C=O) groups excluding carboxylic acids is 2. The van der Waals surface area contributed by atoms with Crippen LogP contribution in [0.15, 0.2) is 73.1 Å². The Kier molecular flexibility index (Phi) is 7.45. The normalized spacial score (nSPS) is 12.0. The SMILES string of the molecule is CC(C)CCNC(=O)[C@@H](c1cccnc1)N(C(=O)Cn1nnc2ccccc21)c1ccc(F)cc1. The van der Waals surface area contributed by atoms with Crippen molar-refractivity contribution in [1.82, 2.24) is 25.3 Å². The number of amides is 2. The molecule has 0 radical (unpaired) electrons. The summed E-state index contributed by atoms with van der Waals surface area (Å²) in [4.78, 5) is 32.8. The van der Waals surface area contributed by atoms with Crippen molar-refractivity contribution in [3.05, 3.63) is 84.4 Å². The fourth-order valence-corrected chi connectivity index (χ4v) is 3.81. The fourth-order valence-electron chi connectivity index (χ4n) is 3.81. The van der Waals surface area contributed by atoms with Gasteiger partial charge in [0, 0.05) is 30.2 Å². The number of pyridine rings is 1. The lowest BCUT2D eigenvalue weighted by molar-refractivity contribution is -0.127. The lowest BCUT2D eigenvalue weighted by atomic mass is 10.0. The number of aromatic nitrogens is 4. The number of fused-ring (bicyclic) bond motifs is 1. The maximum Gasteiger partial charge on any atom is 0.249 e. The standard InChI is InChI=1S/C26H27FN6O2/c1-18(2)13-15-29-26(35)25(19-6-5-14-28-16-19)33(21-11-9-20(27)10-12-21)24(34)17-32-23-8-4-3-7-22(23)30-31-32/h3-12,14,16,18,25H,13,15,17H2,1-2H3,(H,29,35)/t25-/m1/s1. The van der Waals surface area contributed by atoms with E-state index < -0.39 is 17.8 Å². The Morgan fingerprint density at radius 3 is 2.54 bits per heavy atom. The highest BCUT2D eigenvalue weighted by atomic mass is 19.1. The molecule has 9 heteroatoms. The first kappa shape index (κ1) is 24.0. The summed E-state index contributed by atoms with van der Waals surface area (Å²) in [7, 11) is 0. The molecule has 2 aromatic carbocycles. The quantitative estimate of drug-likeness (QED) is 0.397. The van der Waals surface area contributed by atoms with Crippen LogP contribution in [0.4, 0.5) is 10.1 Å². The summed E-state index contributed by atoms with van der Waals surface area (Å²) >= 11 is 0. The van der Waals surface area contributed by atoms with E-state index in [0.717, 1.165) is 6.42 Å². The molecule has 0 fully saturated rings. The zero-order valence-electron chi connectivity index (χ0n) is 19.6. The number of nitrogens with zero attached hydrogens (tertiary/aromatic N) is 5. The molecule has 2 heterocycles. The van der Waals surface area contributed by atoms with E-state index in [1.807, 2.05) is 24.3 Å². The number of halogens is 1. The number of para-hydroxylation sites is 1. The van der Waals surface area contributed by atoms with E-state index >= 15 is 0 Å². The van der Waals surface area contributed by atoms with Gasteiger partial charge in [-0.05, 0) is 54.8 Å². The van der Waals surface area contributed by atoms with Crippen molar-refractivity contribution < 1.29 is 14.0 Å². The minimum absolute atomic E-state index is 0.159. The highest BCUT2D eigenvalue weighted by Gasteiger charge is 2.33. The van der Waals surface area contributed by atoms with Gasteiger partial charge in [0.15, 0.2) is 0 Å². The first-order valence-electron chi connectivity index (χ1n) is 11.5. The molecular weight excluding hydrogens is 447 g/mol. The summed E-state index contributed by atoms with van der Waals surface area (Å²) in [5.74, 6) is -0.787. The topological polar surface area (TPSA) is 93.0 Å². The largest absolute Gasteiger partial charge is 0.354 e. The summed E-state index contributed by atoms with van der Waals surface area (Å²) in [6.45, 7) is 4.45. The molecule has 1 atom stereocenters. The number of benzene rings is 2. The summed E-state index contributed by atoms with van der Waals surface area (Å²) in [6, 6.07) is 15.2. The third-order valence-electron chi connectivity index (χ3n) is 5.61. The summed E-state index contributed by atoms with van der Waals surface area (Å²) < 4.78 is 15.2. The monoisotopic (exact) mass is 474 g/mol. The van der Waals surface area contributed by atoms with E-state index in [9.17, 15) is 14.0 Å². The Bertz CT molecular complexity index is 1290. The minimum Gasteiger partial charge on any atom is -0.354 e. The molecule has 0 aliphatic carbocycles. The first-order chi connectivity index (χ1) is 16.9. The van der Waals surface area contributed by atoms with Crippen LogP contribution in [0.2, 0.25) is 0 Å². The van der Waals surface area contributed by atoms with E-state index in [4.69, 9.17) is 0 Å². The van der Waals surface area contributed by atoms with Gasteiger partial charge in [0.25, 0.3) is 0 Å². The number of anilines is 1. The number of rotatable bonds is 9. The maximum absolute atomic E-state index is 13.8. The third kappa shape index (κ3) is 5.68. The predicted octanol–water partition coefficient (Wildman–Crippen LogP) is 3.90. The Morgan fingerprint density at radius 2 is 1.83 bits per heavy atom. The lowest BCUT2D eigenvalue weighted by Gasteiger charge is -2.31. The molecular formula is C26H27FN6O2.